The Morgan fingerprint density at radius 2 is 2.31 bits per heavy atom. The van der Waals surface area contributed by atoms with E-state index in [0.717, 1.165) is 16.6 Å². The molecule has 2 aromatic rings. The first-order chi connectivity index (χ1) is 5.70. The average Bonchev–Trinajstić information content (AvgIpc) is 2.29. The summed E-state index contributed by atoms with van der Waals surface area (Å²) in [4.78, 5) is 4.05. The molecule has 2 nitrogen and oxygen atoms in total. The van der Waals surface area contributed by atoms with Crippen LogP contribution in [0.1, 0.15) is 6.93 Å². The molecule has 0 aromatic carbocycles. The molecule has 0 bridgehead atoms. The van der Waals surface area contributed by atoms with E-state index in [1.807, 2.05) is 14.0 Å². The van der Waals surface area contributed by atoms with Crippen molar-refractivity contribution in [1.82, 2.24) is 9.55 Å². The van der Waals surface area contributed by atoms with Crippen LogP contribution in [-0.4, -0.2) is 9.55 Å². The smallest absolute Gasteiger partial charge is 0.0334 e. The summed E-state index contributed by atoms with van der Waals surface area (Å²) < 4.78 is 9.32. The van der Waals surface area contributed by atoms with E-state index in [4.69, 9.17) is 1.37 Å². The Bertz CT molecular complexity index is 442. The maximum Gasteiger partial charge on any atom is 0.0334 e. The van der Waals surface area contributed by atoms with Gasteiger partial charge in [0.1, 0.15) is 0 Å². The summed E-state index contributed by atoms with van der Waals surface area (Å²) >= 11 is 0. The molecule has 0 saturated heterocycles. The van der Waals surface area contributed by atoms with Crippen LogP contribution in [0.5, 0.6) is 0 Å². The third-order valence-corrected chi connectivity index (χ3v) is 1.74. The number of rotatable bonds is 0. The van der Waals surface area contributed by atoms with Gasteiger partial charge in [-0.2, -0.15) is 17.5 Å². The minimum Gasteiger partial charge on any atom is -0.454 e. The van der Waals surface area contributed by atoms with Crippen LogP contribution in [-0.2, 0) is 60.8 Å². The third-order valence-electron chi connectivity index (χ3n) is 1.74. The number of nitrogens with zero attached hydrogens (tertiary/aromatic N) is 2. The zero-order valence-corrected chi connectivity index (χ0v) is 13.2. The summed E-state index contributed by atoms with van der Waals surface area (Å²) in [7, 11) is 1.83. The van der Waals surface area contributed by atoms with E-state index in [1.165, 1.54) is 0 Å². The normalized spacial score (nSPS) is 10.2. The summed E-state index contributed by atoms with van der Waals surface area (Å²) in [5, 5.41) is 0.872. The van der Waals surface area contributed by atoms with Crippen LogP contribution >= 0.6 is 0 Å². The van der Waals surface area contributed by atoms with Gasteiger partial charge in [-0.1, -0.05) is 13.1 Å². The van der Waals surface area contributed by atoms with Crippen LogP contribution < -0.4 is 0 Å². The molecule has 0 atom stereocenters. The van der Waals surface area contributed by atoms with Crippen molar-refractivity contribution < 1.29 is 55.1 Å². The van der Waals surface area contributed by atoms with Gasteiger partial charge in [-0.25, -0.2) is 5.56 Å². The first kappa shape index (κ1) is 11.6. The summed E-state index contributed by atoms with van der Waals surface area (Å²) in [6, 6.07) is 2.19. The van der Waals surface area contributed by atoms with Crippen molar-refractivity contribution >= 4 is 11.0 Å². The standard InChI is InChI=1S/C9H8N2.W.Y/c1-7-3-5-10-9-8(7)4-6-11(9)2;;/h3-4H,1-2H3;;/q-2;;/i4T;;. The second kappa shape index (κ2) is 5.38. The molecule has 65 valence electrons. The van der Waals surface area contributed by atoms with E-state index in [0.29, 0.717) is 6.04 Å². The molecule has 0 fully saturated rings. The van der Waals surface area contributed by atoms with Gasteiger partial charge in [-0.05, 0) is 12.7 Å². The van der Waals surface area contributed by atoms with E-state index >= 15 is 0 Å². The molecule has 1 radical (unpaired) electrons. The fourth-order valence-corrected chi connectivity index (χ4v) is 1.08. The molecule has 4 heteroatoms. The first-order valence-electron chi connectivity index (χ1n) is 3.92. The molecule has 0 amide bonds. The van der Waals surface area contributed by atoms with Crippen LogP contribution in [0, 0.1) is 19.3 Å². The van der Waals surface area contributed by atoms with Crippen LogP contribution in [0.25, 0.3) is 11.0 Å². The van der Waals surface area contributed by atoms with Crippen molar-refractivity contribution in [3.63, 3.8) is 0 Å². The Balaban J connectivity index is 0.000000845. The maximum absolute atomic E-state index is 7.60. The minimum absolute atomic E-state index is 0. The molecule has 0 saturated carbocycles. The van der Waals surface area contributed by atoms with Gasteiger partial charge in [0.2, 0.25) is 0 Å². The molecule has 2 rings (SSSR count). The van der Waals surface area contributed by atoms with Gasteiger partial charge in [0.05, 0.1) is 0 Å². The molecule has 0 aliphatic heterocycles. The Morgan fingerprint density at radius 3 is 2.92 bits per heavy atom. The summed E-state index contributed by atoms with van der Waals surface area (Å²) in [6.07, 6.45) is 5.64. The molecule has 0 N–H and O–H groups in total. The zero-order chi connectivity index (χ0) is 8.72. The zero-order valence-electron chi connectivity index (χ0n) is 8.46. The number of aromatic nitrogens is 2. The van der Waals surface area contributed by atoms with Gasteiger partial charge >= 0.3 is 0 Å². The van der Waals surface area contributed by atoms with Gasteiger partial charge < -0.3 is 9.55 Å². The second-order valence-electron chi connectivity index (χ2n) is 2.56. The van der Waals surface area contributed by atoms with Crippen molar-refractivity contribution in [1.29, 1.82) is 0 Å². The number of aryl methyl sites for hydroxylation is 2. The fraction of sp³-hybridized carbons (Fsp3) is 0.222. The quantitative estimate of drug-likeness (QED) is 0.593. The first-order valence-corrected chi connectivity index (χ1v) is 3.42. The number of hydrogen-bond acceptors (Lipinski definition) is 1. The molecular formula is C9H8N2WY-2. The molecule has 0 aliphatic rings. The van der Waals surface area contributed by atoms with Crippen LogP contribution in [0.3, 0.4) is 0 Å². The molecule has 2 heterocycles. The Hall–Kier alpha value is 0.482. The maximum atomic E-state index is 7.60. The second-order valence-corrected chi connectivity index (χ2v) is 2.56. The summed E-state index contributed by atoms with van der Waals surface area (Å²) in [5.41, 5.74) is 1.81. The van der Waals surface area contributed by atoms with E-state index in [9.17, 15) is 0 Å². The van der Waals surface area contributed by atoms with Crippen LogP contribution in [0.15, 0.2) is 12.1 Å². The summed E-state index contributed by atoms with van der Waals surface area (Å²) in [6.45, 7) is 1.95. The molecule has 0 aliphatic carbocycles. The number of fused-ring (bicyclic) bond motifs is 1. The van der Waals surface area contributed by atoms with Gasteiger partial charge in [-0.3, -0.25) is 0 Å². The van der Waals surface area contributed by atoms with Crippen molar-refractivity contribution in [3.8, 4) is 0 Å². The summed E-state index contributed by atoms with van der Waals surface area (Å²) in [5.74, 6) is 0. The van der Waals surface area contributed by atoms with Crippen molar-refractivity contribution in [2.75, 3.05) is 0 Å². The van der Waals surface area contributed by atoms with E-state index in [1.54, 1.807) is 10.6 Å². The van der Waals surface area contributed by atoms with Crippen LogP contribution in [0.4, 0.5) is 0 Å². The van der Waals surface area contributed by atoms with Crippen molar-refractivity contribution in [3.05, 3.63) is 30.1 Å². The van der Waals surface area contributed by atoms with Crippen molar-refractivity contribution in [2.45, 2.75) is 6.92 Å². The topological polar surface area (TPSA) is 17.8 Å². The predicted molar refractivity (Wildman–Crippen MR) is 43.1 cm³/mol. The van der Waals surface area contributed by atoms with Gasteiger partial charge in [0, 0.05) is 55.1 Å². The molecule has 0 spiro atoms. The van der Waals surface area contributed by atoms with Gasteiger partial charge in [0.15, 0.2) is 0 Å². The number of hydrogen-bond donors (Lipinski definition) is 0. The third kappa shape index (κ3) is 2.49. The minimum atomic E-state index is 0. The molecular weight excluding hydrogens is 409 g/mol. The Kier molecular flexibility index (Phi) is 4.79. The van der Waals surface area contributed by atoms with Gasteiger partial charge in [0.25, 0.3) is 0 Å². The van der Waals surface area contributed by atoms with E-state index < -0.39 is 0 Å². The fourth-order valence-electron chi connectivity index (χ4n) is 1.08. The van der Waals surface area contributed by atoms with Gasteiger partial charge in [-0.15, -0.1) is 6.20 Å². The Labute approximate surface area is 119 Å². The van der Waals surface area contributed by atoms with E-state index in [2.05, 4.69) is 17.4 Å². The average molecular weight is 419 g/mol. The molecule has 13 heavy (non-hydrogen) atoms. The number of pyridine rings is 1. The molecule has 2 aromatic heterocycles. The van der Waals surface area contributed by atoms with E-state index in [-0.39, 0.29) is 53.8 Å². The SMILES string of the molecule is [3H]c1[c-]n(C)c2n[c-]cc(C)c12.[W].[Y]. The largest absolute Gasteiger partial charge is 0.454 e. The van der Waals surface area contributed by atoms with Crippen LogP contribution in [0.2, 0.25) is 0 Å². The van der Waals surface area contributed by atoms with Crippen molar-refractivity contribution in [2.24, 2.45) is 7.05 Å². The predicted octanol–water partition coefficient (Wildman–Crippen LogP) is 1.48. The molecule has 0 unspecified atom stereocenters. The monoisotopic (exact) mass is 419 g/mol. The Morgan fingerprint density at radius 1 is 1.62 bits per heavy atom.